The second-order valence-electron chi connectivity index (χ2n) is 6.28. The van der Waals surface area contributed by atoms with Gasteiger partial charge in [-0.15, -0.1) is 10.2 Å². The Morgan fingerprint density at radius 2 is 2.00 bits per heavy atom. The topological polar surface area (TPSA) is 59.7 Å². The van der Waals surface area contributed by atoms with Gasteiger partial charge in [-0.2, -0.15) is 4.80 Å². The van der Waals surface area contributed by atoms with Crippen molar-refractivity contribution in [1.82, 2.24) is 30.1 Å². The van der Waals surface area contributed by atoms with Crippen LogP contribution in [0.1, 0.15) is 18.4 Å². The van der Waals surface area contributed by atoms with Crippen molar-refractivity contribution in [3.05, 3.63) is 60.0 Å². The smallest absolute Gasteiger partial charge is 0.223 e. The molecule has 0 amide bonds. The van der Waals surface area contributed by atoms with Crippen molar-refractivity contribution in [3.8, 4) is 11.5 Å². The molecule has 4 rings (SSSR count). The fourth-order valence-electron chi connectivity index (χ4n) is 3.24. The highest BCUT2D eigenvalue weighted by molar-refractivity contribution is 5.46. The van der Waals surface area contributed by atoms with Gasteiger partial charge in [0.25, 0.3) is 0 Å². The van der Waals surface area contributed by atoms with Gasteiger partial charge in [-0.25, -0.2) is 4.39 Å². The van der Waals surface area contributed by atoms with E-state index >= 15 is 0 Å². The van der Waals surface area contributed by atoms with Gasteiger partial charge in [0.2, 0.25) is 5.82 Å². The maximum absolute atomic E-state index is 13.1. The van der Waals surface area contributed by atoms with Gasteiger partial charge in [-0.1, -0.05) is 18.2 Å². The summed E-state index contributed by atoms with van der Waals surface area (Å²) in [7, 11) is 0. The zero-order valence-corrected chi connectivity index (χ0v) is 13.8. The van der Waals surface area contributed by atoms with Gasteiger partial charge >= 0.3 is 0 Å². The van der Waals surface area contributed by atoms with Crippen LogP contribution in [0.2, 0.25) is 0 Å². The zero-order chi connectivity index (χ0) is 17.1. The van der Waals surface area contributed by atoms with Crippen LogP contribution in [-0.4, -0.2) is 42.7 Å². The van der Waals surface area contributed by atoms with Crippen LogP contribution in [0.25, 0.3) is 11.5 Å². The third-order valence-electron chi connectivity index (χ3n) is 4.52. The molecule has 1 aliphatic rings. The molecule has 0 N–H and O–H groups in total. The van der Waals surface area contributed by atoms with Crippen molar-refractivity contribution in [1.29, 1.82) is 0 Å². The summed E-state index contributed by atoms with van der Waals surface area (Å²) < 4.78 is 13.1. The summed E-state index contributed by atoms with van der Waals surface area (Å²) in [6.07, 6.45) is 3.97. The van der Waals surface area contributed by atoms with E-state index in [9.17, 15) is 4.39 Å². The first kappa shape index (κ1) is 15.8. The predicted octanol–water partition coefficient (Wildman–Crippen LogP) is 2.54. The SMILES string of the molecule is Fc1ccc(CN2CCC[C@H]2Cn2nnc(-c3ccccn3)n2)cc1. The Morgan fingerprint density at radius 1 is 1.12 bits per heavy atom. The van der Waals surface area contributed by atoms with Crippen LogP contribution in [-0.2, 0) is 13.1 Å². The van der Waals surface area contributed by atoms with E-state index in [-0.39, 0.29) is 5.82 Å². The normalized spacial score (nSPS) is 17.9. The second-order valence-corrected chi connectivity index (χ2v) is 6.28. The van der Waals surface area contributed by atoms with Gasteiger partial charge in [0.05, 0.1) is 6.54 Å². The lowest BCUT2D eigenvalue weighted by molar-refractivity contribution is 0.211. The summed E-state index contributed by atoms with van der Waals surface area (Å²) in [5.41, 5.74) is 1.84. The monoisotopic (exact) mass is 338 g/mol. The summed E-state index contributed by atoms with van der Waals surface area (Å²) in [5, 5.41) is 12.7. The Kier molecular flexibility index (Phi) is 4.47. The molecule has 0 unspecified atom stereocenters. The first-order valence-electron chi connectivity index (χ1n) is 8.45. The van der Waals surface area contributed by atoms with E-state index in [0.717, 1.165) is 37.2 Å². The Bertz CT molecular complexity index is 817. The molecule has 1 saturated heterocycles. The van der Waals surface area contributed by atoms with E-state index in [2.05, 4.69) is 25.3 Å². The third-order valence-corrected chi connectivity index (χ3v) is 4.52. The van der Waals surface area contributed by atoms with E-state index in [1.807, 2.05) is 30.3 Å². The number of aromatic nitrogens is 5. The lowest BCUT2D eigenvalue weighted by atomic mass is 10.2. The molecule has 6 nitrogen and oxygen atoms in total. The first-order valence-corrected chi connectivity index (χ1v) is 8.45. The van der Waals surface area contributed by atoms with Crippen molar-refractivity contribution in [3.63, 3.8) is 0 Å². The highest BCUT2D eigenvalue weighted by atomic mass is 19.1. The van der Waals surface area contributed by atoms with Crippen LogP contribution in [0.5, 0.6) is 0 Å². The van der Waals surface area contributed by atoms with E-state index < -0.39 is 0 Å². The van der Waals surface area contributed by atoms with Crippen LogP contribution in [0.4, 0.5) is 4.39 Å². The van der Waals surface area contributed by atoms with Gasteiger partial charge in [0.15, 0.2) is 0 Å². The number of benzene rings is 1. The molecule has 3 aromatic rings. The van der Waals surface area contributed by atoms with Crippen LogP contribution >= 0.6 is 0 Å². The zero-order valence-electron chi connectivity index (χ0n) is 13.8. The predicted molar refractivity (Wildman–Crippen MR) is 90.9 cm³/mol. The standard InChI is InChI=1S/C18H19FN6/c19-15-8-6-14(7-9-15)12-24-11-3-4-16(24)13-25-22-18(21-23-25)17-5-1-2-10-20-17/h1-2,5-10,16H,3-4,11-13H2/t16-/m0/s1. The van der Waals surface area contributed by atoms with E-state index in [4.69, 9.17) is 0 Å². The fraction of sp³-hybridized carbons (Fsp3) is 0.333. The number of hydrogen-bond donors (Lipinski definition) is 0. The molecule has 2 aromatic heterocycles. The molecule has 1 aliphatic heterocycles. The highest BCUT2D eigenvalue weighted by Gasteiger charge is 2.25. The molecular formula is C18H19FN6. The van der Waals surface area contributed by atoms with Gasteiger partial charge in [0.1, 0.15) is 11.5 Å². The third kappa shape index (κ3) is 3.71. The first-order chi connectivity index (χ1) is 12.3. The number of halogens is 1. The maximum atomic E-state index is 13.1. The molecule has 25 heavy (non-hydrogen) atoms. The number of rotatable bonds is 5. The number of nitrogens with zero attached hydrogens (tertiary/aromatic N) is 6. The van der Waals surface area contributed by atoms with Crippen molar-refractivity contribution < 1.29 is 4.39 Å². The lowest BCUT2D eigenvalue weighted by Gasteiger charge is -2.23. The number of hydrogen-bond acceptors (Lipinski definition) is 5. The van der Waals surface area contributed by atoms with Crippen molar-refractivity contribution in [2.75, 3.05) is 6.54 Å². The Balaban J connectivity index is 1.43. The summed E-state index contributed by atoms with van der Waals surface area (Å²) >= 11 is 0. The molecule has 0 spiro atoms. The summed E-state index contributed by atoms with van der Waals surface area (Å²) in [6, 6.07) is 12.7. The van der Waals surface area contributed by atoms with Gasteiger partial charge < -0.3 is 0 Å². The van der Waals surface area contributed by atoms with Crippen molar-refractivity contribution in [2.24, 2.45) is 0 Å². The fourth-order valence-corrected chi connectivity index (χ4v) is 3.24. The molecule has 0 radical (unpaired) electrons. The van der Waals surface area contributed by atoms with Crippen molar-refractivity contribution in [2.45, 2.75) is 32.0 Å². The average molecular weight is 338 g/mol. The lowest BCUT2D eigenvalue weighted by Crippen LogP contribution is -2.33. The molecule has 7 heteroatoms. The van der Waals surface area contributed by atoms with Crippen LogP contribution in [0.15, 0.2) is 48.7 Å². The number of tetrazole rings is 1. The summed E-state index contributed by atoms with van der Waals surface area (Å²) in [5.74, 6) is 0.347. The molecule has 3 heterocycles. The van der Waals surface area contributed by atoms with E-state index in [0.29, 0.717) is 18.4 Å². The molecule has 0 aliphatic carbocycles. The highest BCUT2D eigenvalue weighted by Crippen LogP contribution is 2.21. The largest absolute Gasteiger partial charge is 0.294 e. The molecule has 1 fully saturated rings. The Morgan fingerprint density at radius 3 is 2.80 bits per heavy atom. The number of pyridine rings is 1. The molecule has 1 atom stereocenters. The van der Waals surface area contributed by atoms with Crippen LogP contribution in [0.3, 0.4) is 0 Å². The molecule has 128 valence electrons. The molecular weight excluding hydrogens is 319 g/mol. The molecule has 0 saturated carbocycles. The summed E-state index contributed by atoms with van der Waals surface area (Å²) in [4.78, 5) is 8.30. The van der Waals surface area contributed by atoms with E-state index in [1.54, 1.807) is 11.0 Å². The second kappa shape index (κ2) is 7.06. The molecule has 1 aromatic carbocycles. The van der Waals surface area contributed by atoms with Gasteiger partial charge in [-0.05, 0) is 54.4 Å². The maximum Gasteiger partial charge on any atom is 0.223 e. The minimum absolute atomic E-state index is 0.199. The van der Waals surface area contributed by atoms with Crippen LogP contribution < -0.4 is 0 Å². The minimum Gasteiger partial charge on any atom is -0.294 e. The van der Waals surface area contributed by atoms with Crippen LogP contribution in [0, 0.1) is 5.82 Å². The molecule has 0 bridgehead atoms. The summed E-state index contributed by atoms with van der Waals surface area (Å²) in [6.45, 7) is 2.54. The minimum atomic E-state index is -0.199. The van der Waals surface area contributed by atoms with Gasteiger partial charge in [-0.3, -0.25) is 9.88 Å². The Labute approximate surface area is 145 Å². The van der Waals surface area contributed by atoms with Gasteiger partial charge in [0, 0.05) is 18.8 Å². The quantitative estimate of drug-likeness (QED) is 0.715. The average Bonchev–Trinajstić information content (AvgIpc) is 3.28. The van der Waals surface area contributed by atoms with Crippen molar-refractivity contribution >= 4 is 0 Å². The number of likely N-dealkylation sites (tertiary alicyclic amines) is 1. The Hall–Kier alpha value is -2.67. The van der Waals surface area contributed by atoms with E-state index in [1.165, 1.54) is 12.1 Å².